The predicted molar refractivity (Wildman–Crippen MR) is 155 cm³/mol. The Hall–Kier alpha value is -4.02. The Kier molecular flexibility index (Phi) is 8.87. The zero-order valence-electron chi connectivity index (χ0n) is 23.1. The van der Waals surface area contributed by atoms with Crippen LogP contribution in [0, 0.1) is 23.2 Å². The molecule has 2 aliphatic rings. The molecule has 0 bridgehead atoms. The first kappa shape index (κ1) is 27.5. The van der Waals surface area contributed by atoms with E-state index < -0.39 is 0 Å². The van der Waals surface area contributed by atoms with Gasteiger partial charge in [0.15, 0.2) is 11.6 Å². The Bertz CT molecular complexity index is 1330. The molecule has 0 atom stereocenters. The van der Waals surface area contributed by atoms with E-state index in [1.165, 1.54) is 5.56 Å². The molecule has 0 spiro atoms. The van der Waals surface area contributed by atoms with E-state index in [0.29, 0.717) is 23.6 Å². The fraction of sp³-hybridized carbons (Fsp3) is 0.394. The van der Waals surface area contributed by atoms with Gasteiger partial charge in [-0.1, -0.05) is 12.1 Å². The summed E-state index contributed by atoms with van der Waals surface area (Å²) in [6.07, 6.45) is 5.95. The minimum absolute atomic E-state index is 0.0222. The van der Waals surface area contributed by atoms with Gasteiger partial charge in [0.1, 0.15) is 11.4 Å². The van der Waals surface area contributed by atoms with Crippen LogP contribution in [0.2, 0.25) is 0 Å². The van der Waals surface area contributed by atoms with E-state index in [2.05, 4.69) is 20.9 Å². The van der Waals surface area contributed by atoms with E-state index in [9.17, 15) is 9.59 Å². The van der Waals surface area contributed by atoms with Crippen molar-refractivity contribution >= 4 is 17.3 Å². The third-order valence-corrected chi connectivity index (χ3v) is 8.31. The quantitative estimate of drug-likeness (QED) is 0.332. The van der Waals surface area contributed by atoms with Crippen LogP contribution in [0.1, 0.15) is 64.1 Å². The summed E-state index contributed by atoms with van der Waals surface area (Å²) in [7, 11) is 1.62. The highest BCUT2D eigenvalue weighted by Gasteiger charge is 2.27. The maximum Gasteiger partial charge on any atom is 0.181 e. The van der Waals surface area contributed by atoms with E-state index in [0.717, 1.165) is 75.4 Å². The van der Waals surface area contributed by atoms with Crippen molar-refractivity contribution in [3.63, 3.8) is 0 Å². The molecule has 3 heterocycles. The van der Waals surface area contributed by atoms with Gasteiger partial charge in [0, 0.05) is 37.5 Å². The van der Waals surface area contributed by atoms with Gasteiger partial charge >= 0.3 is 0 Å². The first-order valence-electron chi connectivity index (χ1n) is 14.2. The van der Waals surface area contributed by atoms with Crippen LogP contribution in [-0.2, 0) is 6.54 Å². The zero-order valence-corrected chi connectivity index (χ0v) is 23.1. The van der Waals surface area contributed by atoms with Gasteiger partial charge in [0.2, 0.25) is 0 Å². The molecule has 0 amide bonds. The van der Waals surface area contributed by atoms with Gasteiger partial charge < -0.3 is 9.64 Å². The number of nitriles is 1. The molecule has 0 N–H and O–H groups in total. The third-order valence-electron chi connectivity index (χ3n) is 8.31. The molecule has 0 saturated carbocycles. The van der Waals surface area contributed by atoms with Crippen molar-refractivity contribution in [3.8, 4) is 11.8 Å². The van der Waals surface area contributed by atoms with Crippen molar-refractivity contribution in [1.29, 1.82) is 5.26 Å². The molecule has 0 aliphatic carbocycles. The summed E-state index contributed by atoms with van der Waals surface area (Å²) < 4.78 is 5.19. The zero-order chi connectivity index (χ0) is 27.9. The molecule has 0 unspecified atom stereocenters. The fourth-order valence-corrected chi connectivity index (χ4v) is 5.79. The minimum Gasteiger partial charge on any atom is -0.497 e. The van der Waals surface area contributed by atoms with Crippen molar-refractivity contribution < 1.29 is 14.3 Å². The Morgan fingerprint density at radius 2 is 1.62 bits per heavy atom. The minimum atomic E-state index is 0.0222. The highest BCUT2D eigenvalue weighted by Crippen LogP contribution is 2.27. The Labute approximate surface area is 236 Å². The first-order valence-corrected chi connectivity index (χ1v) is 14.2. The van der Waals surface area contributed by atoms with E-state index in [4.69, 9.17) is 10.00 Å². The maximum absolute atomic E-state index is 13.0. The van der Waals surface area contributed by atoms with Crippen LogP contribution in [-0.4, -0.2) is 54.7 Å². The summed E-state index contributed by atoms with van der Waals surface area (Å²) in [5.74, 6) is 1.46. The number of ether oxygens (including phenoxy) is 1. The fourth-order valence-electron chi connectivity index (χ4n) is 5.79. The van der Waals surface area contributed by atoms with Crippen molar-refractivity contribution in [1.82, 2.24) is 9.88 Å². The van der Waals surface area contributed by atoms with E-state index >= 15 is 0 Å². The standard InChI is InChI=1S/C33H36N4O3/c1-40-30-9-6-27(7-10-30)33(39)28-14-18-37(19-15-28)29-8-11-31(35-22-29)32(38)20-24-12-16-36(17-13-24)23-26-4-2-25(21-34)3-5-26/h2-11,22,24,28H,12-20,23H2,1H3. The number of benzene rings is 2. The lowest BCUT2D eigenvalue weighted by atomic mass is 9.88. The normalized spacial score (nSPS) is 16.9. The summed E-state index contributed by atoms with van der Waals surface area (Å²) in [6, 6.07) is 21.1. The molecule has 5 rings (SSSR count). The number of hydrogen-bond acceptors (Lipinski definition) is 7. The monoisotopic (exact) mass is 536 g/mol. The number of carbonyl (C=O) groups is 2. The molecular weight excluding hydrogens is 500 g/mol. The van der Waals surface area contributed by atoms with Crippen LogP contribution in [0.3, 0.4) is 0 Å². The summed E-state index contributed by atoms with van der Waals surface area (Å²) >= 11 is 0. The average Bonchev–Trinajstić information content (AvgIpc) is 3.02. The van der Waals surface area contributed by atoms with Gasteiger partial charge in [0.05, 0.1) is 30.6 Å². The molecule has 2 fully saturated rings. The number of nitrogens with zero attached hydrogens (tertiary/aromatic N) is 4. The second-order valence-electron chi connectivity index (χ2n) is 10.9. The van der Waals surface area contributed by atoms with Crippen LogP contribution < -0.4 is 9.64 Å². The molecule has 206 valence electrons. The smallest absolute Gasteiger partial charge is 0.181 e. The second kappa shape index (κ2) is 12.9. The maximum atomic E-state index is 13.0. The number of aromatic nitrogens is 1. The van der Waals surface area contributed by atoms with Gasteiger partial charge in [-0.25, -0.2) is 0 Å². The summed E-state index contributed by atoms with van der Waals surface area (Å²) in [5.41, 5.74) is 4.17. The largest absolute Gasteiger partial charge is 0.497 e. The van der Waals surface area contributed by atoms with Crippen LogP contribution >= 0.6 is 0 Å². The molecule has 2 aliphatic heterocycles. The lowest BCUT2D eigenvalue weighted by Gasteiger charge is -2.33. The van der Waals surface area contributed by atoms with Gasteiger partial charge in [-0.05, 0) is 98.8 Å². The number of hydrogen-bond donors (Lipinski definition) is 0. The Morgan fingerprint density at radius 3 is 2.23 bits per heavy atom. The van der Waals surface area contributed by atoms with E-state index in [1.54, 1.807) is 13.3 Å². The highest BCUT2D eigenvalue weighted by molar-refractivity contribution is 5.98. The molecule has 2 aromatic carbocycles. The van der Waals surface area contributed by atoms with E-state index in [1.807, 2.05) is 60.7 Å². The molecule has 7 heteroatoms. The predicted octanol–water partition coefficient (Wildman–Crippen LogP) is 5.55. The molecule has 7 nitrogen and oxygen atoms in total. The van der Waals surface area contributed by atoms with Gasteiger partial charge in [-0.15, -0.1) is 0 Å². The van der Waals surface area contributed by atoms with E-state index in [-0.39, 0.29) is 17.5 Å². The van der Waals surface area contributed by atoms with Crippen LogP contribution in [0.5, 0.6) is 5.75 Å². The summed E-state index contributed by atoms with van der Waals surface area (Å²) in [6.45, 7) is 4.41. The number of likely N-dealkylation sites (tertiary alicyclic amines) is 1. The van der Waals surface area contributed by atoms with Crippen molar-refractivity contribution in [2.24, 2.45) is 11.8 Å². The van der Waals surface area contributed by atoms with Crippen molar-refractivity contribution in [2.45, 2.75) is 38.6 Å². The number of pyridine rings is 1. The topological polar surface area (TPSA) is 86.5 Å². The summed E-state index contributed by atoms with van der Waals surface area (Å²) in [4.78, 5) is 35.1. The molecule has 1 aromatic heterocycles. The highest BCUT2D eigenvalue weighted by atomic mass is 16.5. The third kappa shape index (κ3) is 6.75. The Morgan fingerprint density at radius 1 is 0.925 bits per heavy atom. The van der Waals surface area contributed by atoms with Gasteiger partial charge in [-0.3, -0.25) is 19.5 Å². The number of carbonyl (C=O) groups excluding carboxylic acids is 2. The lowest BCUT2D eigenvalue weighted by molar-refractivity contribution is 0.0897. The second-order valence-corrected chi connectivity index (χ2v) is 10.9. The summed E-state index contributed by atoms with van der Waals surface area (Å²) in [5, 5.41) is 8.97. The molecule has 40 heavy (non-hydrogen) atoms. The van der Waals surface area contributed by atoms with Gasteiger partial charge in [-0.2, -0.15) is 5.26 Å². The number of ketones is 2. The number of rotatable bonds is 9. The van der Waals surface area contributed by atoms with Crippen molar-refractivity contribution in [2.75, 3.05) is 38.2 Å². The van der Waals surface area contributed by atoms with Gasteiger partial charge in [0.25, 0.3) is 0 Å². The van der Waals surface area contributed by atoms with Crippen LogP contribution in [0.25, 0.3) is 0 Å². The SMILES string of the molecule is COc1ccc(C(=O)C2CCN(c3ccc(C(=O)CC4CCN(Cc5ccc(C#N)cc5)CC4)nc3)CC2)cc1. The molecular formula is C33H36N4O3. The van der Waals surface area contributed by atoms with Crippen LogP contribution in [0.4, 0.5) is 5.69 Å². The number of anilines is 1. The van der Waals surface area contributed by atoms with Crippen molar-refractivity contribution in [3.05, 3.63) is 89.2 Å². The van der Waals surface area contributed by atoms with Crippen LogP contribution in [0.15, 0.2) is 66.9 Å². The Balaban J connectivity index is 1.06. The number of Topliss-reactive ketones (excluding diaryl/α,β-unsaturated/α-hetero) is 2. The number of methoxy groups -OCH3 is 1. The lowest BCUT2D eigenvalue weighted by Crippen LogP contribution is -2.36. The molecule has 2 saturated heterocycles. The molecule has 0 radical (unpaired) electrons. The number of piperidine rings is 2. The molecule has 3 aromatic rings. The first-order chi connectivity index (χ1) is 19.5. The average molecular weight is 537 g/mol.